The summed E-state index contributed by atoms with van der Waals surface area (Å²) in [6.45, 7) is 0.820. The Kier molecular flexibility index (Phi) is 3.70. The molecule has 1 heterocycles. The van der Waals surface area contributed by atoms with Crippen LogP contribution in [0.4, 0.5) is 0 Å². The number of alkyl halides is 2. The summed E-state index contributed by atoms with van der Waals surface area (Å²) in [5, 5.41) is 0. The summed E-state index contributed by atoms with van der Waals surface area (Å²) in [5.41, 5.74) is 1.35. The van der Waals surface area contributed by atoms with Crippen molar-refractivity contribution in [2.24, 2.45) is 0 Å². The average molecular weight is 376 g/mol. The molecular weight excluding hydrogens is 360 g/mol. The van der Waals surface area contributed by atoms with Gasteiger partial charge < -0.3 is 9.47 Å². The monoisotopic (exact) mass is 374 g/mol. The van der Waals surface area contributed by atoms with Crippen LogP contribution in [0.3, 0.4) is 0 Å². The molecule has 2 aliphatic rings. The van der Waals surface area contributed by atoms with Crippen LogP contribution in [0.1, 0.15) is 37.2 Å². The van der Waals surface area contributed by atoms with Crippen molar-refractivity contribution in [1.82, 2.24) is 0 Å². The number of hydrogen-bond acceptors (Lipinski definition) is 2. The van der Waals surface area contributed by atoms with Crippen molar-refractivity contribution in [2.45, 2.75) is 41.1 Å². The van der Waals surface area contributed by atoms with E-state index in [2.05, 4.69) is 44.0 Å². The molecule has 0 spiro atoms. The third-order valence-corrected chi connectivity index (χ3v) is 5.27. The Morgan fingerprint density at radius 3 is 2.44 bits per heavy atom. The fourth-order valence-electron chi connectivity index (χ4n) is 2.31. The molecular formula is C14H16Br2O2. The minimum absolute atomic E-state index is 0.0584. The molecule has 98 valence electrons. The van der Waals surface area contributed by atoms with Gasteiger partial charge in [-0.25, -0.2) is 0 Å². The molecule has 2 fully saturated rings. The van der Waals surface area contributed by atoms with Gasteiger partial charge in [-0.2, -0.15) is 0 Å². The zero-order valence-electron chi connectivity index (χ0n) is 10.1. The summed E-state index contributed by atoms with van der Waals surface area (Å²) in [4.78, 5) is 0. The lowest BCUT2D eigenvalue weighted by molar-refractivity contribution is -0.105. The van der Waals surface area contributed by atoms with Crippen LogP contribution in [0, 0.1) is 0 Å². The Bertz CT molecular complexity index is 410. The minimum atomic E-state index is -0.0584. The lowest BCUT2D eigenvalue weighted by atomic mass is 10.1. The zero-order valence-corrected chi connectivity index (χ0v) is 13.2. The van der Waals surface area contributed by atoms with Crippen molar-refractivity contribution in [2.75, 3.05) is 6.61 Å². The maximum atomic E-state index is 5.82. The standard InChI is InChI=1S/C14H16Br2O2/c15-14(16)9-12(14)10-4-6-11(7-5-10)18-13-3-1-2-8-17-13/h4-7,12-13H,1-3,8-9H2. The van der Waals surface area contributed by atoms with Crippen LogP contribution >= 0.6 is 31.9 Å². The highest BCUT2D eigenvalue weighted by molar-refractivity contribution is 9.25. The molecule has 1 aliphatic carbocycles. The van der Waals surface area contributed by atoms with E-state index in [0.29, 0.717) is 5.92 Å². The van der Waals surface area contributed by atoms with Gasteiger partial charge in [0.25, 0.3) is 0 Å². The molecule has 1 aliphatic heterocycles. The summed E-state index contributed by atoms with van der Waals surface area (Å²) in [6.07, 6.45) is 4.42. The summed E-state index contributed by atoms with van der Waals surface area (Å²) >= 11 is 7.31. The van der Waals surface area contributed by atoms with Gasteiger partial charge in [0, 0.05) is 12.3 Å². The predicted octanol–water partition coefficient (Wildman–Crippen LogP) is 4.57. The Morgan fingerprint density at radius 2 is 1.89 bits per heavy atom. The zero-order chi connectivity index (χ0) is 12.6. The fourth-order valence-corrected chi connectivity index (χ4v) is 3.49. The molecule has 1 saturated heterocycles. The Hall–Kier alpha value is -0.0600. The first kappa shape index (κ1) is 12.9. The second kappa shape index (κ2) is 5.14. The van der Waals surface area contributed by atoms with E-state index < -0.39 is 0 Å². The van der Waals surface area contributed by atoms with Gasteiger partial charge in [-0.1, -0.05) is 44.0 Å². The van der Waals surface area contributed by atoms with Gasteiger partial charge in [0.05, 0.1) is 9.84 Å². The van der Waals surface area contributed by atoms with E-state index in [-0.39, 0.29) is 9.52 Å². The molecule has 2 nitrogen and oxygen atoms in total. The molecule has 0 radical (unpaired) electrons. The van der Waals surface area contributed by atoms with Crippen molar-refractivity contribution < 1.29 is 9.47 Å². The summed E-state index contributed by atoms with van der Waals surface area (Å²) in [5.74, 6) is 1.47. The number of halogens is 2. The Balaban J connectivity index is 1.61. The van der Waals surface area contributed by atoms with Crippen molar-refractivity contribution >= 4 is 31.9 Å². The number of rotatable bonds is 3. The molecule has 0 amide bonds. The van der Waals surface area contributed by atoms with E-state index in [1.54, 1.807) is 0 Å². The predicted molar refractivity (Wildman–Crippen MR) is 78.6 cm³/mol. The van der Waals surface area contributed by atoms with Crippen LogP contribution in [0.5, 0.6) is 5.75 Å². The molecule has 3 rings (SSSR count). The van der Waals surface area contributed by atoms with Crippen LogP contribution in [0.15, 0.2) is 24.3 Å². The third-order valence-electron chi connectivity index (χ3n) is 3.51. The summed E-state index contributed by atoms with van der Waals surface area (Å²) in [6, 6.07) is 8.38. The van der Waals surface area contributed by atoms with Crippen LogP contribution in [-0.4, -0.2) is 16.1 Å². The van der Waals surface area contributed by atoms with Gasteiger partial charge in [0.1, 0.15) is 5.75 Å². The van der Waals surface area contributed by atoms with E-state index >= 15 is 0 Å². The summed E-state index contributed by atoms with van der Waals surface area (Å²) < 4.78 is 11.5. The van der Waals surface area contributed by atoms with Gasteiger partial charge in [-0.05, 0) is 37.0 Å². The first-order valence-electron chi connectivity index (χ1n) is 6.41. The van der Waals surface area contributed by atoms with Crippen LogP contribution in [-0.2, 0) is 4.74 Å². The molecule has 1 saturated carbocycles. The van der Waals surface area contributed by atoms with Crippen LogP contribution < -0.4 is 4.74 Å². The minimum Gasteiger partial charge on any atom is -0.465 e. The third kappa shape index (κ3) is 2.91. The second-order valence-electron chi connectivity index (χ2n) is 5.00. The topological polar surface area (TPSA) is 18.5 Å². The molecule has 1 aromatic carbocycles. The quantitative estimate of drug-likeness (QED) is 0.720. The molecule has 18 heavy (non-hydrogen) atoms. The van der Waals surface area contributed by atoms with E-state index in [1.807, 2.05) is 12.1 Å². The Morgan fingerprint density at radius 1 is 1.17 bits per heavy atom. The maximum Gasteiger partial charge on any atom is 0.199 e. The van der Waals surface area contributed by atoms with E-state index in [4.69, 9.17) is 9.47 Å². The highest BCUT2D eigenvalue weighted by atomic mass is 79.9. The van der Waals surface area contributed by atoms with E-state index in [9.17, 15) is 0 Å². The number of benzene rings is 1. The fraction of sp³-hybridized carbons (Fsp3) is 0.571. The van der Waals surface area contributed by atoms with Crippen LogP contribution in [0.2, 0.25) is 0 Å². The highest BCUT2D eigenvalue weighted by Crippen LogP contribution is 2.62. The van der Waals surface area contributed by atoms with Gasteiger partial charge >= 0.3 is 0 Å². The second-order valence-corrected chi connectivity index (χ2v) is 8.90. The lowest BCUT2D eigenvalue weighted by Crippen LogP contribution is -2.24. The van der Waals surface area contributed by atoms with Gasteiger partial charge in [-0.15, -0.1) is 0 Å². The molecule has 0 bridgehead atoms. The largest absolute Gasteiger partial charge is 0.465 e. The van der Waals surface area contributed by atoms with E-state index in [0.717, 1.165) is 31.6 Å². The molecule has 2 atom stereocenters. The molecule has 0 N–H and O–H groups in total. The highest BCUT2D eigenvalue weighted by Gasteiger charge is 2.50. The SMILES string of the molecule is BrC1(Br)CC1c1ccc(OC2CCCCO2)cc1. The van der Waals surface area contributed by atoms with Gasteiger partial charge in [0.15, 0.2) is 6.29 Å². The Labute approximate surface area is 124 Å². The first-order chi connectivity index (χ1) is 8.65. The van der Waals surface area contributed by atoms with Crippen molar-refractivity contribution in [3.63, 3.8) is 0 Å². The van der Waals surface area contributed by atoms with E-state index in [1.165, 1.54) is 12.0 Å². The van der Waals surface area contributed by atoms with Crippen LogP contribution in [0.25, 0.3) is 0 Å². The number of hydrogen-bond donors (Lipinski definition) is 0. The molecule has 2 unspecified atom stereocenters. The van der Waals surface area contributed by atoms with Gasteiger partial charge in [0.2, 0.25) is 0 Å². The summed E-state index contributed by atoms with van der Waals surface area (Å²) in [7, 11) is 0. The van der Waals surface area contributed by atoms with Crippen molar-refractivity contribution in [3.05, 3.63) is 29.8 Å². The molecule has 1 aromatic rings. The van der Waals surface area contributed by atoms with Gasteiger partial charge in [-0.3, -0.25) is 0 Å². The number of ether oxygens (including phenoxy) is 2. The first-order valence-corrected chi connectivity index (χ1v) is 8.00. The molecule has 4 heteroatoms. The maximum absolute atomic E-state index is 5.82. The smallest absolute Gasteiger partial charge is 0.199 e. The normalized spacial score (nSPS) is 29.9. The van der Waals surface area contributed by atoms with Crippen molar-refractivity contribution in [1.29, 1.82) is 0 Å². The van der Waals surface area contributed by atoms with Crippen molar-refractivity contribution in [3.8, 4) is 5.75 Å². The lowest BCUT2D eigenvalue weighted by Gasteiger charge is -2.23. The molecule has 0 aromatic heterocycles. The average Bonchev–Trinajstić information content (AvgIpc) is 3.01.